The van der Waals surface area contributed by atoms with E-state index in [-0.39, 0.29) is 0 Å². The predicted octanol–water partition coefficient (Wildman–Crippen LogP) is 2.43. The van der Waals surface area contributed by atoms with Gasteiger partial charge in [0.1, 0.15) is 7.71 Å². The molecule has 0 bridgehead atoms. The molecule has 1 N–H and O–H groups in total. The molecule has 1 atom stereocenters. The normalized spacial score (nSPS) is 20.8. The first-order valence-electron chi connectivity index (χ1n) is 5.36. The summed E-state index contributed by atoms with van der Waals surface area (Å²) in [7, 11) is -2.63. The Labute approximate surface area is 124 Å². The van der Waals surface area contributed by atoms with Gasteiger partial charge in [0.15, 0.2) is 0 Å². The molecule has 0 radical (unpaired) electrons. The van der Waals surface area contributed by atoms with Crippen molar-refractivity contribution in [1.29, 1.82) is 0 Å². The second-order valence-corrected chi connectivity index (χ2v) is 19.0. The molecule has 0 aromatic carbocycles. The first-order valence-corrected chi connectivity index (χ1v) is 14.1. The van der Waals surface area contributed by atoms with Crippen molar-refractivity contribution in [3.8, 4) is 0 Å². The Kier molecular flexibility index (Phi) is 7.84. The van der Waals surface area contributed by atoms with Gasteiger partial charge in [0.25, 0.3) is 0 Å². The van der Waals surface area contributed by atoms with Gasteiger partial charge in [0, 0.05) is 17.8 Å². The zero-order valence-electron chi connectivity index (χ0n) is 9.24. The Morgan fingerprint density at radius 3 is 2.29 bits per heavy atom. The van der Waals surface area contributed by atoms with E-state index in [0.717, 1.165) is 6.42 Å². The van der Waals surface area contributed by atoms with Crippen molar-refractivity contribution in [1.82, 2.24) is 0 Å². The van der Waals surface area contributed by atoms with E-state index in [1.165, 1.54) is 32.1 Å². The van der Waals surface area contributed by atoms with Gasteiger partial charge >= 0.3 is 0 Å². The van der Waals surface area contributed by atoms with Crippen LogP contribution in [0.4, 0.5) is 0 Å². The largest absolute Gasteiger partial charge is 0.306 e. The predicted molar refractivity (Wildman–Crippen MR) is 91.3 cm³/mol. The van der Waals surface area contributed by atoms with Crippen LogP contribution in [0.25, 0.3) is 0 Å². The zero-order chi connectivity index (χ0) is 12.9. The molecule has 0 aromatic rings. The van der Waals surface area contributed by atoms with Crippen LogP contribution in [0.1, 0.15) is 38.5 Å². The molecule has 1 fully saturated rings. The standard InChI is InChI=1S/C8H16O2S7/c9-17(14,16(13)15(11)12)10-7-6-8-4-2-1-3-5-8/h8H,1-7H2,(H,9,14). The van der Waals surface area contributed by atoms with Crippen molar-refractivity contribution in [2.24, 2.45) is 5.92 Å². The number of hydrogen-bond donors (Lipinski definition) is 1. The average Bonchev–Trinajstić information content (AvgIpc) is 2.29. The van der Waals surface area contributed by atoms with E-state index in [1.807, 2.05) is 0 Å². The third kappa shape index (κ3) is 6.05. The van der Waals surface area contributed by atoms with Crippen LogP contribution < -0.4 is 0 Å². The van der Waals surface area contributed by atoms with Crippen molar-refractivity contribution in [3.05, 3.63) is 0 Å². The quantitative estimate of drug-likeness (QED) is 0.820. The highest BCUT2D eigenvalue weighted by atomic mass is 33.5. The lowest BCUT2D eigenvalue weighted by molar-refractivity contribution is 0.257. The molecule has 0 saturated heterocycles. The molecular formula is C8H16O2S7. The Bertz CT molecular complexity index is 565. The smallest absolute Gasteiger partial charge is 0.135 e. The van der Waals surface area contributed by atoms with E-state index < -0.39 is 20.9 Å². The van der Waals surface area contributed by atoms with Crippen molar-refractivity contribution >= 4 is 65.6 Å². The van der Waals surface area contributed by atoms with Crippen LogP contribution in [-0.2, 0) is 69.8 Å². The molecule has 0 spiro atoms. The van der Waals surface area contributed by atoms with Crippen LogP contribution in [0.2, 0.25) is 0 Å². The van der Waals surface area contributed by atoms with Gasteiger partial charge in [-0.15, -0.1) is 0 Å². The molecule has 1 unspecified atom stereocenters. The maximum Gasteiger partial charge on any atom is 0.135 e. The van der Waals surface area contributed by atoms with Crippen LogP contribution in [-0.4, -0.2) is 11.2 Å². The fraction of sp³-hybridized carbons (Fsp3) is 1.00. The summed E-state index contributed by atoms with van der Waals surface area (Å²) in [5, 5.41) is 0. The summed E-state index contributed by atoms with van der Waals surface area (Å²) in [4.78, 5) is 0. The molecule has 0 amide bonds. The summed E-state index contributed by atoms with van der Waals surface area (Å²) in [6, 6.07) is 0. The summed E-state index contributed by atoms with van der Waals surface area (Å²) in [5.74, 6) is 0.714. The van der Waals surface area contributed by atoms with Gasteiger partial charge in [-0.05, 0) is 52.5 Å². The maximum atomic E-state index is 9.94. The zero-order valence-corrected chi connectivity index (χ0v) is 15.0. The molecule has 102 valence electrons. The van der Waals surface area contributed by atoms with E-state index in [1.54, 1.807) is 0 Å². The molecule has 2 nitrogen and oxygen atoms in total. The van der Waals surface area contributed by atoms with Gasteiger partial charge in [-0.3, -0.25) is 4.18 Å². The van der Waals surface area contributed by atoms with Gasteiger partial charge in [-0.1, -0.05) is 32.1 Å². The fourth-order valence-electron chi connectivity index (χ4n) is 1.91. The summed E-state index contributed by atoms with van der Waals surface area (Å²) in [6.07, 6.45) is 7.45. The highest BCUT2D eigenvalue weighted by Gasteiger charge is 2.13. The minimum atomic E-state index is -2.63. The van der Waals surface area contributed by atoms with Gasteiger partial charge in [0.05, 0.1) is 6.61 Å². The number of hydrogen-bond acceptors (Lipinski definition) is 5. The van der Waals surface area contributed by atoms with Crippen molar-refractivity contribution < 1.29 is 8.74 Å². The van der Waals surface area contributed by atoms with Crippen molar-refractivity contribution in [3.63, 3.8) is 0 Å². The summed E-state index contributed by atoms with van der Waals surface area (Å²) >= 11 is 19.8. The highest BCUT2D eigenvalue weighted by Crippen LogP contribution is 2.26. The summed E-state index contributed by atoms with van der Waals surface area (Å²) in [6.45, 7) is -1.35. The van der Waals surface area contributed by atoms with Gasteiger partial charge in [-0.25, -0.2) is 0 Å². The van der Waals surface area contributed by atoms with E-state index in [0.29, 0.717) is 12.5 Å². The van der Waals surface area contributed by atoms with Crippen molar-refractivity contribution in [2.75, 3.05) is 6.61 Å². The van der Waals surface area contributed by atoms with Gasteiger partial charge in [-0.2, -0.15) is 0 Å². The van der Waals surface area contributed by atoms with Crippen LogP contribution in [0.3, 0.4) is 0 Å². The summed E-state index contributed by atoms with van der Waals surface area (Å²) in [5.41, 5.74) is 0. The second-order valence-electron chi connectivity index (χ2n) is 3.95. The molecule has 1 aliphatic rings. The summed E-state index contributed by atoms with van der Waals surface area (Å²) < 4.78 is 15.3. The number of rotatable bonds is 4. The van der Waals surface area contributed by atoms with E-state index in [2.05, 4.69) is 0 Å². The van der Waals surface area contributed by atoms with Crippen LogP contribution in [0.5, 0.6) is 0 Å². The maximum absolute atomic E-state index is 9.94. The SMILES string of the molecule is OS(=S)(OCCC1CCCCC1)=S(=S)=S(=S)=S. The lowest BCUT2D eigenvalue weighted by Crippen LogP contribution is -2.12. The lowest BCUT2D eigenvalue weighted by atomic mass is 9.87. The minimum absolute atomic E-state index is 0.488. The first kappa shape index (κ1) is 16.6. The monoisotopic (exact) mass is 368 g/mol. The fourth-order valence-corrected chi connectivity index (χ4v) is 12.9. The molecule has 1 saturated carbocycles. The van der Waals surface area contributed by atoms with Crippen LogP contribution in [0, 0.1) is 5.92 Å². The molecule has 17 heavy (non-hydrogen) atoms. The van der Waals surface area contributed by atoms with Crippen LogP contribution in [0.15, 0.2) is 0 Å². The Balaban J connectivity index is 2.58. The third-order valence-corrected chi connectivity index (χ3v) is 20.2. The van der Waals surface area contributed by atoms with E-state index in [4.69, 9.17) is 48.9 Å². The third-order valence-electron chi connectivity index (χ3n) is 2.77. The molecule has 1 rings (SSSR count). The van der Waals surface area contributed by atoms with Crippen molar-refractivity contribution in [2.45, 2.75) is 38.5 Å². The second kappa shape index (κ2) is 8.01. The Morgan fingerprint density at radius 2 is 1.76 bits per heavy atom. The first-order chi connectivity index (χ1) is 7.93. The molecular weight excluding hydrogens is 353 g/mol. The highest BCUT2D eigenvalue weighted by molar-refractivity contribution is 8.86. The molecule has 0 heterocycles. The average molecular weight is 369 g/mol. The van der Waals surface area contributed by atoms with Gasteiger partial charge < -0.3 is 4.55 Å². The molecule has 9 heteroatoms. The minimum Gasteiger partial charge on any atom is -0.306 e. The topological polar surface area (TPSA) is 29.5 Å². The van der Waals surface area contributed by atoms with E-state index in [9.17, 15) is 4.55 Å². The van der Waals surface area contributed by atoms with Crippen LogP contribution >= 0.6 is 0 Å². The lowest BCUT2D eigenvalue weighted by Gasteiger charge is -2.21. The Morgan fingerprint density at radius 1 is 1.18 bits per heavy atom. The van der Waals surface area contributed by atoms with E-state index >= 15 is 0 Å². The van der Waals surface area contributed by atoms with Gasteiger partial charge in [0.2, 0.25) is 0 Å². The Hall–Kier alpha value is 1.59. The molecule has 1 aliphatic carbocycles. The molecule has 0 aliphatic heterocycles. The molecule has 0 aromatic heterocycles.